The maximum Gasteiger partial charge on any atom is 0.233 e. The maximum absolute atomic E-state index is 6.03. The zero-order valence-electron chi connectivity index (χ0n) is 12.3. The quantitative estimate of drug-likeness (QED) is 0.823. The Morgan fingerprint density at radius 3 is 2.64 bits per heavy atom. The molecule has 1 aliphatic rings. The topological polar surface area (TPSA) is 30.3 Å². The molecule has 1 saturated heterocycles. The van der Waals surface area contributed by atoms with E-state index < -0.39 is 0 Å². The van der Waals surface area contributed by atoms with E-state index in [9.17, 15) is 0 Å². The molecule has 6 heteroatoms. The van der Waals surface area contributed by atoms with E-state index in [1.165, 1.54) is 32.4 Å². The first-order chi connectivity index (χ1) is 10.7. The van der Waals surface area contributed by atoms with Crippen molar-refractivity contribution in [3.8, 4) is 11.6 Å². The van der Waals surface area contributed by atoms with E-state index in [0.29, 0.717) is 22.5 Å². The Labute approximate surface area is 140 Å². The molecule has 3 rings (SSSR count). The fraction of sp³-hybridized carbons (Fsp3) is 0.438. The lowest BCUT2D eigenvalue weighted by molar-refractivity contribution is 0.180. The van der Waals surface area contributed by atoms with Crippen molar-refractivity contribution >= 4 is 23.2 Å². The van der Waals surface area contributed by atoms with Gasteiger partial charge in [-0.05, 0) is 44.1 Å². The zero-order valence-corrected chi connectivity index (χ0v) is 13.9. The van der Waals surface area contributed by atoms with Crippen molar-refractivity contribution in [1.82, 2.24) is 14.7 Å². The van der Waals surface area contributed by atoms with Crippen molar-refractivity contribution in [2.45, 2.75) is 19.3 Å². The molecule has 0 atom stereocenters. The molecule has 1 aromatic carbocycles. The molecule has 0 radical (unpaired) electrons. The standard InChI is InChI=1S/C16H19Cl2N3O/c17-14-5-4-13(12-15(14)18)21-9-6-16(19-21)22-11-10-20-7-2-1-3-8-20/h4-6,9,12H,1-3,7-8,10-11H2. The molecular formula is C16H19Cl2N3O. The molecule has 0 N–H and O–H groups in total. The van der Waals surface area contributed by atoms with Crippen molar-refractivity contribution in [1.29, 1.82) is 0 Å². The predicted molar refractivity (Wildman–Crippen MR) is 89.4 cm³/mol. The van der Waals surface area contributed by atoms with Gasteiger partial charge in [-0.1, -0.05) is 29.6 Å². The minimum absolute atomic E-state index is 0.516. The van der Waals surface area contributed by atoms with E-state index >= 15 is 0 Å². The van der Waals surface area contributed by atoms with Gasteiger partial charge < -0.3 is 4.74 Å². The lowest BCUT2D eigenvalue weighted by atomic mass is 10.1. The number of benzene rings is 1. The second kappa shape index (κ2) is 7.36. The number of halogens is 2. The molecule has 0 bridgehead atoms. The van der Waals surface area contributed by atoms with Gasteiger partial charge in [0, 0.05) is 18.8 Å². The third-order valence-electron chi connectivity index (χ3n) is 3.84. The average Bonchev–Trinajstić information content (AvgIpc) is 3.00. The van der Waals surface area contributed by atoms with Gasteiger partial charge in [-0.25, -0.2) is 4.68 Å². The van der Waals surface area contributed by atoms with Gasteiger partial charge in [0.25, 0.3) is 0 Å². The molecule has 2 aromatic rings. The summed E-state index contributed by atoms with van der Waals surface area (Å²) in [5.74, 6) is 0.628. The Bertz CT molecular complexity index is 624. The normalized spacial score (nSPS) is 15.9. The molecule has 0 aliphatic carbocycles. The lowest BCUT2D eigenvalue weighted by Crippen LogP contribution is -2.33. The Kier molecular flexibility index (Phi) is 5.24. The molecule has 0 spiro atoms. The molecule has 4 nitrogen and oxygen atoms in total. The van der Waals surface area contributed by atoms with Crippen LogP contribution in [0, 0.1) is 0 Å². The average molecular weight is 340 g/mol. The Hall–Kier alpha value is -1.23. The first kappa shape index (κ1) is 15.7. The molecule has 1 fully saturated rings. The van der Waals surface area contributed by atoms with Crippen LogP contribution in [0.2, 0.25) is 10.0 Å². The molecule has 0 unspecified atom stereocenters. The van der Waals surface area contributed by atoms with Crippen molar-refractivity contribution in [2.24, 2.45) is 0 Å². The number of ether oxygens (including phenoxy) is 1. The Balaban J connectivity index is 1.55. The summed E-state index contributed by atoms with van der Waals surface area (Å²) in [5, 5.41) is 5.46. The van der Waals surface area contributed by atoms with E-state index in [-0.39, 0.29) is 0 Å². The largest absolute Gasteiger partial charge is 0.475 e. The van der Waals surface area contributed by atoms with Crippen LogP contribution in [0.15, 0.2) is 30.5 Å². The van der Waals surface area contributed by atoms with E-state index in [1.54, 1.807) is 16.8 Å². The van der Waals surface area contributed by atoms with Crippen LogP contribution in [0.25, 0.3) is 5.69 Å². The summed E-state index contributed by atoms with van der Waals surface area (Å²) in [6.07, 6.45) is 5.80. The van der Waals surface area contributed by atoms with Crippen LogP contribution in [0.5, 0.6) is 5.88 Å². The van der Waals surface area contributed by atoms with E-state index in [4.69, 9.17) is 27.9 Å². The smallest absolute Gasteiger partial charge is 0.233 e. The van der Waals surface area contributed by atoms with Gasteiger partial charge in [0.05, 0.1) is 15.7 Å². The minimum atomic E-state index is 0.516. The second-order valence-electron chi connectivity index (χ2n) is 5.45. The minimum Gasteiger partial charge on any atom is -0.475 e. The van der Waals surface area contributed by atoms with Gasteiger partial charge in [0.2, 0.25) is 5.88 Å². The number of rotatable bonds is 5. The van der Waals surface area contributed by atoms with Gasteiger partial charge in [0.1, 0.15) is 6.61 Å². The van der Waals surface area contributed by atoms with Crippen LogP contribution in [-0.2, 0) is 0 Å². The monoisotopic (exact) mass is 339 g/mol. The molecule has 118 valence electrons. The zero-order chi connectivity index (χ0) is 15.4. The molecule has 0 saturated carbocycles. The van der Waals surface area contributed by atoms with Crippen LogP contribution in [0.1, 0.15) is 19.3 Å². The molecule has 2 heterocycles. The van der Waals surface area contributed by atoms with Crippen LogP contribution in [-0.4, -0.2) is 40.9 Å². The summed E-state index contributed by atoms with van der Waals surface area (Å²) in [7, 11) is 0. The first-order valence-corrected chi connectivity index (χ1v) is 8.34. The van der Waals surface area contributed by atoms with E-state index in [2.05, 4.69) is 10.00 Å². The highest BCUT2D eigenvalue weighted by atomic mass is 35.5. The van der Waals surface area contributed by atoms with Crippen LogP contribution in [0.3, 0.4) is 0 Å². The third kappa shape index (κ3) is 3.94. The van der Waals surface area contributed by atoms with Crippen LogP contribution in [0.4, 0.5) is 0 Å². The third-order valence-corrected chi connectivity index (χ3v) is 4.58. The van der Waals surface area contributed by atoms with Gasteiger partial charge in [-0.15, -0.1) is 5.10 Å². The number of aromatic nitrogens is 2. The first-order valence-electron chi connectivity index (χ1n) is 7.58. The number of hydrogen-bond acceptors (Lipinski definition) is 3. The fourth-order valence-electron chi connectivity index (χ4n) is 2.62. The van der Waals surface area contributed by atoms with E-state index in [1.807, 2.05) is 18.3 Å². The van der Waals surface area contributed by atoms with Crippen LogP contribution >= 0.6 is 23.2 Å². The molecule has 1 aromatic heterocycles. The Morgan fingerprint density at radius 1 is 1.05 bits per heavy atom. The lowest BCUT2D eigenvalue weighted by Gasteiger charge is -2.25. The van der Waals surface area contributed by atoms with Gasteiger partial charge in [-0.2, -0.15) is 0 Å². The number of hydrogen-bond donors (Lipinski definition) is 0. The Morgan fingerprint density at radius 2 is 1.86 bits per heavy atom. The highest BCUT2D eigenvalue weighted by Crippen LogP contribution is 2.24. The summed E-state index contributed by atoms with van der Waals surface area (Å²) < 4.78 is 7.47. The number of nitrogens with zero attached hydrogens (tertiary/aromatic N) is 3. The molecular weight excluding hydrogens is 321 g/mol. The van der Waals surface area contributed by atoms with Gasteiger partial charge >= 0.3 is 0 Å². The predicted octanol–water partition coefficient (Wildman–Crippen LogP) is 4.04. The number of likely N-dealkylation sites (tertiary alicyclic amines) is 1. The summed E-state index contributed by atoms with van der Waals surface area (Å²) >= 11 is 12.0. The van der Waals surface area contributed by atoms with Crippen molar-refractivity contribution in [3.63, 3.8) is 0 Å². The van der Waals surface area contributed by atoms with Gasteiger partial charge in [0.15, 0.2) is 0 Å². The molecule has 1 aliphatic heterocycles. The van der Waals surface area contributed by atoms with Crippen molar-refractivity contribution in [2.75, 3.05) is 26.2 Å². The maximum atomic E-state index is 6.03. The highest BCUT2D eigenvalue weighted by Gasteiger charge is 2.10. The highest BCUT2D eigenvalue weighted by molar-refractivity contribution is 6.42. The van der Waals surface area contributed by atoms with Crippen molar-refractivity contribution in [3.05, 3.63) is 40.5 Å². The molecule has 22 heavy (non-hydrogen) atoms. The summed E-state index contributed by atoms with van der Waals surface area (Å²) in [4.78, 5) is 2.44. The summed E-state index contributed by atoms with van der Waals surface area (Å²) in [5.41, 5.74) is 0.861. The number of piperidine rings is 1. The second-order valence-corrected chi connectivity index (χ2v) is 6.26. The van der Waals surface area contributed by atoms with Crippen LogP contribution < -0.4 is 4.74 Å². The molecule has 0 amide bonds. The fourth-order valence-corrected chi connectivity index (χ4v) is 2.91. The van der Waals surface area contributed by atoms with E-state index in [0.717, 1.165) is 12.2 Å². The SMILES string of the molecule is Clc1ccc(-n2ccc(OCCN3CCCCC3)n2)cc1Cl. The van der Waals surface area contributed by atoms with Crippen molar-refractivity contribution < 1.29 is 4.74 Å². The summed E-state index contributed by atoms with van der Waals surface area (Å²) in [6.45, 7) is 3.99. The van der Waals surface area contributed by atoms with Gasteiger partial charge in [-0.3, -0.25) is 4.90 Å². The summed E-state index contributed by atoms with van der Waals surface area (Å²) in [6, 6.07) is 7.28.